The van der Waals surface area contributed by atoms with E-state index in [0.717, 1.165) is 25.7 Å². The van der Waals surface area contributed by atoms with Gasteiger partial charge in [-0.3, -0.25) is 0 Å². The topological polar surface area (TPSA) is 78.6 Å². The quantitative estimate of drug-likeness (QED) is 0.610. The maximum Gasteiger partial charge on any atom is 0.334 e. The first-order valence-electron chi connectivity index (χ1n) is 5.78. The van der Waals surface area contributed by atoms with Gasteiger partial charge in [-0.2, -0.15) is 0 Å². The molecule has 0 heterocycles. The number of carbonyl (C=O) groups is 2. The Morgan fingerprint density at radius 2 is 1.82 bits per heavy atom. The number of ether oxygens (including phenoxy) is 2. The van der Waals surface area contributed by atoms with E-state index in [0.29, 0.717) is 0 Å². The number of halogens is 1. The summed E-state index contributed by atoms with van der Waals surface area (Å²) in [5.74, 6) is -1.39. The summed E-state index contributed by atoms with van der Waals surface area (Å²) in [6.45, 7) is 1.88. The highest BCUT2D eigenvalue weighted by atomic mass is 35.5. The van der Waals surface area contributed by atoms with E-state index in [1.807, 2.05) is 0 Å². The van der Waals surface area contributed by atoms with E-state index in [1.165, 1.54) is 6.42 Å². The molecule has 1 fully saturated rings. The van der Waals surface area contributed by atoms with Crippen molar-refractivity contribution in [2.24, 2.45) is 5.73 Å². The van der Waals surface area contributed by atoms with Gasteiger partial charge in [-0.1, -0.05) is 6.42 Å². The normalized spacial score (nSPS) is 17.8. The van der Waals surface area contributed by atoms with Gasteiger partial charge in [0.2, 0.25) is 6.04 Å². The van der Waals surface area contributed by atoms with E-state index < -0.39 is 18.0 Å². The monoisotopic (exact) mass is 265 g/mol. The Labute approximate surface area is 107 Å². The van der Waals surface area contributed by atoms with Gasteiger partial charge < -0.3 is 15.2 Å². The molecule has 1 aliphatic carbocycles. The number of hydrogen-bond acceptors (Lipinski definition) is 5. The van der Waals surface area contributed by atoms with Gasteiger partial charge in [0.05, 0.1) is 6.61 Å². The molecule has 2 N–H and O–H groups in total. The van der Waals surface area contributed by atoms with Crippen LogP contribution >= 0.6 is 12.4 Å². The van der Waals surface area contributed by atoms with Crippen LogP contribution in [0.2, 0.25) is 0 Å². The fraction of sp³-hybridized carbons (Fsp3) is 0.818. The zero-order valence-corrected chi connectivity index (χ0v) is 10.8. The summed E-state index contributed by atoms with van der Waals surface area (Å²) in [7, 11) is 0. The molecule has 0 aromatic carbocycles. The van der Waals surface area contributed by atoms with Crippen LogP contribution in [-0.2, 0) is 19.1 Å². The van der Waals surface area contributed by atoms with Crippen LogP contribution in [0.4, 0.5) is 0 Å². The Hall–Kier alpha value is -0.810. The first-order chi connectivity index (χ1) is 7.65. The van der Waals surface area contributed by atoms with E-state index in [-0.39, 0.29) is 25.1 Å². The second kappa shape index (κ2) is 8.31. The van der Waals surface area contributed by atoms with Crippen molar-refractivity contribution in [3.8, 4) is 0 Å². The smallest absolute Gasteiger partial charge is 0.334 e. The molecule has 1 rings (SSSR count). The molecule has 1 aliphatic rings. The van der Waals surface area contributed by atoms with E-state index in [1.54, 1.807) is 6.92 Å². The van der Waals surface area contributed by atoms with Crippen molar-refractivity contribution >= 4 is 24.3 Å². The van der Waals surface area contributed by atoms with Crippen molar-refractivity contribution in [2.45, 2.75) is 51.2 Å². The maximum absolute atomic E-state index is 11.5. The summed E-state index contributed by atoms with van der Waals surface area (Å²) in [6, 6.07) is -1.30. The standard InChI is InChI=1S/C11H19NO4.ClH/c1-2-15-10(13)9(12)11(14)16-8-6-4-3-5-7-8;/h8-9H,2-7,12H2,1H3;1H. The minimum atomic E-state index is -1.30. The average Bonchev–Trinajstić information content (AvgIpc) is 2.29. The fourth-order valence-corrected chi connectivity index (χ4v) is 1.75. The molecular weight excluding hydrogens is 246 g/mol. The molecule has 0 saturated heterocycles. The molecule has 5 nitrogen and oxygen atoms in total. The van der Waals surface area contributed by atoms with Gasteiger partial charge in [-0.25, -0.2) is 9.59 Å². The second-order valence-electron chi connectivity index (χ2n) is 3.93. The molecule has 1 atom stereocenters. The third-order valence-electron chi connectivity index (χ3n) is 2.63. The number of hydrogen-bond donors (Lipinski definition) is 1. The zero-order chi connectivity index (χ0) is 12.0. The van der Waals surface area contributed by atoms with Gasteiger partial charge in [-0.05, 0) is 32.6 Å². The van der Waals surface area contributed by atoms with Crippen LogP contribution in [0.25, 0.3) is 0 Å². The minimum absolute atomic E-state index is 0. The molecule has 1 unspecified atom stereocenters. The molecule has 0 bridgehead atoms. The molecule has 0 aromatic rings. The van der Waals surface area contributed by atoms with Gasteiger partial charge in [0.1, 0.15) is 6.10 Å². The van der Waals surface area contributed by atoms with Crippen molar-refractivity contribution in [2.75, 3.05) is 6.61 Å². The summed E-state index contributed by atoms with van der Waals surface area (Å²) in [5, 5.41) is 0. The molecule has 100 valence electrons. The Bertz CT molecular complexity index is 254. The SMILES string of the molecule is CCOC(=O)C(N)C(=O)OC1CCCCC1.Cl. The summed E-state index contributed by atoms with van der Waals surface area (Å²) >= 11 is 0. The summed E-state index contributed by atoms with van der Waals surface area (Å²) < 4.78 is 9.80. The molecule has 0 spiro atoms. The first kappa shape index (κ1) is 16.2. The van der Waals surface area contributed by atoms with E-state index >= 15 is 0 Å². The van der Waals surface area contributed by atoms with Crippen LogP contribution in [0.15, 0.2) is 0 Å². The lowest BCUT2D eigenvalue weighted by Gasteiger charge is -2.22. The highest BCUT2D eigenvalue weighted by Crippen LogP contribution is 2.20. The fourth-order valence-electron chi connectivity index (χ4n) is 1.75. The highest BCUT2D eigenvalue weighted by Gasteiger charge is 2.28. The van der Waals surface area contributed by atoms with Crippen LogP contribution < -0.4 is 5.73 Å². The highest BCUT2D eigenvalue weighted by molar-refractivity contribution is 5.98. The van der Waals surface area contributed by atoms with Gasteiger partial charge in [0, 0.05) is 0 Å². The first-order valence-corrected chi connectivity index (χ1v) is 5.78. The minimum Gasteiger partial charge on any atom is -0.464 e. The van der Waals surface area contributed by atoms with E-state index in [9.17, 15) is 9.59 Å². The lowest BCUT2D eigenvalue weighted by molar-refractivity contribution is -0.160. The van der Waals surface area contributed by atoms with Crippen molar-refractivity contribution in [3.63, 3.8) is 0 Å². The summed E-state index contributed by atoms with van der Waals surface area (Å²) in [6.07, 6.45) is 4.95. The Kier molecular flexibility index (Phi) is 7.91. The van der Waals surface area contributed by atoms with Crippen LogP contribution in [0.5, 0.6) is 0 Å². The van der Waals surface area contributed by atoms with Crippen molar-refractivity contribution in [3.05, 3.63) is 0 Å². The van der Waals surface area contributed by atoms with Crippen molar-refractivity contribution < 1.29 is 19.1 Å². The van der Waals surface area contributed by atoms with Gasteiger partial charge >= 0.3 is 11.9 Å². The number of nitrogens with two attached hydrogens (primary N) is 1. The Morgan fingerprint density at radius 1 is 1.24 bits per heavy atom. The van der Waals surface area contributed by atoms with Gasteiger partial charge in [0.15, 0.2) is 0 Å². The Morgan fingerprint density at radius 3 is 2.35 bits per heavy atom. The number of rotatable bonds is 4. The summed E-state index contributed by atoms with van der Waals surface area (Å²) in [5.41, 5.74) is 5.41. The third-order valence-corrected chi connectivity index (χ3v) is 2.63. The number of esters is 2. The molecule has 0 amide bonds. The lowest BCUT2D eigenvalue weighted by atomic mass is 9.98. The summed E-state index contributed by atoms with van der Waals surface area (Å²) in [4.78, 5) is 22.7. The largest absolute Gasteiger partial charge is 0.464 e. The van der Waals surface area contributed by atoms with E-state index in [2.05, 4.69) is 4.74 Å². The lowest BCUT2D eigenvalue weighted by Crippen LogP contribution is -2.42. The van der Waals surface area contributed by atoms with Gasteiger partial charge in [0.25, 0.3) is 0 Å². The predicted molar refractivity (Wildman–Crippen MR) is 64.8 cm³/mol. The van der Waals surface area contributed by atoms with Crippen LogP contribution in [0.1, 0.15) is 39.0 Å². The molecule has 0 radical (unpaired) electrons. The average molecular weight is 266 g/mol. The van der Waals surface area contributed by atoms with Crippen molar-refractivity contribution in [1.29, 1.82) is 0 Å². The zero-order valence-electron chi connectivity index (χ0n) is 10.0. The molecule has 1 saturated carbocycles. The van der Waals surface area contributed by atoms with Crippen molar-refractivity contribution in [1.82, 2.24) is 0 Å². The van der Waals surface area contributed by atoms with Crippen LogP contribution in [-0.4, -0.2) is 30.7 Å². The third kappa shape index (κ3) is 5.37. The molecular formula is C11H20ClNO4. The van der Waals surface area contributed by atoms with Gasteiger partial charge in [-0.15, -0.1) is 12.4 Å². The molecule has 0 aromatic heterocycles. The van der Waals surface area contributed by atoms with Crippen LogP contribution in [0, 0.1) is 0 Å². The molecule has 0 aliphatic heterocycles. The second-order valence-corrected chi connectivity index (χ2v) is 3.93. The molecule has 6 heteroatoms. The molecule has 17 heavy (non-hydrogen) atoms. The maximum atomic E-state index is 11.5. The number of carbonyl (C=O) groups excluding carboxylic acids is 2. The predicted octanol–water partition coefficient (Wildman–Crippen LogP) is 1.17. The van der Waals surface area contributed by atoms with Crippen LogP contribution in [0.3, 0.4) is 0 Å². The Balaban J connectivity index is 0.00000256. The van der Waals surface area contributed by atoms with E-state index in [4.69, 9.17) is 10.5 Å².